The van der Waals surface area contributed by atoms with Crippen molar-refractivity contribution < 1.29 is 24.2 Å². The number of aromatic carboxylic acids is 1. The smallest absolute Gasteiger partial charge is 0.340 e. The molecule has 0 radical (unpaired) electrons. The van der Waals surface area contributed by atoms with Crippen LogP contribution < -0.4 is 5.32 Å². The molecule has 1 aromatic heterocycles. The fraction of sp³-hybridized carbons (Fsp3) is 0.308. The third-order valence-electron chi connectivity index (χ3n) is 6.16. The summed E-state index contributed by atoms with van der Waals surface area (Å²) in [4.78, 5) is 44.8. The number of nitrogens with one attached hydrogen (secondary N) is 1. The number of likely N-dealkylation sites (N-methyl/N-ethyl adjacent to an activating group) is 1. The molecule has 0 bridgehead atoms. The number of carboxylic acid groups (broad SMARTS) is 1. The van der Waals surface area contributed by atoms with Crippen molar-refractivity contribution in [2.45, 2.75) is 39.3 Å². The predicted octanol–water partition coefficient (Wildman–Crippen LogP) is 4.54. The molecule has 0 fully saturated rings. The van der Waals surface area contributed by atoms with Gasteiger partial charge in [0.15, 0.2) is 6.10 Å². The molecule has 1 unspecified atom stereocenters. The molecule has 3 aromatic rings. The van der Waals surface area contributed by atoms with Gasteiger partial charge in [0.25, 0.3) is 5.91 Å². The van der Waals surface area contributed by atoms with Crippen LogP contribution in [0.4, 0.5) is 5.69 Å². The van der Waals surface area contributed by atoms with Crippen LogP contribution in [-0.4, -0.2) is 52.0 Å². The fourth-order valence-electron chi connectivity index (χ4n) is 4.23. The summed E-state index contributed by atoms with van der Waals surface area (Å²) in [7, 11) is 0. The Morgan fingerprint density at radius 2 is 1.97 bits per heavy atom. The quantitative estimate of drug-likeness (QED) is 0.463. The number of aromatic nitrogens is 1. The largest absolute Gasteiger partial charge is 0.478 e. The second-order valence-electron chi connectivity index (χ2n) is 8.34. The molecule has 1 atom stereocenters. The minimum atomic E-state index is -1.15. The number of halogens is 1. The van der Waals surface area contributed by atoms with Crippen LogP contribution >= 0.6 is 11.6 Å². The van der Waals surface area contributed by atoms with Gasteiger partial charge in [-0.3, -0.25) is 14.7 Å². The molecule has 1 aliphatic rings. The number of carbonyl (C=O) groups excluding carboxylic acids is 2. The Hall–Kier alpha value is -3.49. The summed E-state index contributed by atoms with van der Waals surface area (Å²) >= 11 is 6.14. The van der Waals surface area contributed by atoms with Crippen molar-refractivity contribution in [2.75, 3.05) is 18.4 Å². The number of rotatable bonds is 7. The lowest BCUT2D eigenvalue weighted by molar-refractivity contribution is -0.124. The Morgan fingerprint density at radius 1 is 1.20 bits per heavy atom. The standard InChI is InChI=1S/C26H26ClN3O5/c1-3-22(24(31)29-21-13-15(25(32)33)9-10-18(21)27)35-26(34)23-16-7-5-6-8-19(16)28-20-11-12-30(4-2)14-17(20)23/h5-10,13,22H,3-4,11-12,14H2,1-2H3,(H,29,31)(H,32,33). The summed E-state index contributed by atoms with van der Waals surface area (Å²) in [6, 6.07) is 11.4. The lowest BCUT2D eigenvalue weighted by Crippen LogP contribution is -2.35. The summed E-state index contributed by atoms with van der Waals surface area (Å²) in [6.45, 7) is 6.08. The van der Waals surface area contributed by atoms with E-state index in [1.165, 1.54) is 18.2 Å². The summed E-state index contributed by atoms with van der Waals surface area (Å²) in [6.07, 6.45) is -0.148. The molecular formula is C26H26ClN3O5. The highest BCUT2D eigenvalue weighted by Crippen LogP contribution is 2.29. The molecule has 0 saturated carbocycles. The summed E-state index contributed by atoms with van der Waals surface area (Å²) in [5.74, 6) is -2.33. The lowest BCUT2D eigenvalue weighted by Gasteiger charge is -2.29. The predicted molar refractivity (Wildman–Crippen MR) is 133 cm³/mol. The maximum Gasteiger partial charge on any atom is 0.340 e. The average Bonchev–Trinajstić information content (AvgIpc) is 2.86. The van der Waals surface area contributed by atoms with Crippen molar-refractivity contribution in [1.82, 2.24) is 9.88 Å². The van der Waals surface area contributed by atoms with E-state index < -0.39 is 23.9 Å². The van der Waals surface area contributed by atoms with E-state index in [0.29, 0.717) is 23.0 Å². The topological polar surface area (TPSA) is 109 Å². The highest BCUT2D eigenvalue weighted by molar-refractivity contribution is 6.34. The van der Waals surface area contributed by atoms with Gasteiger partial charge in [-0.25, -0.2) is 9.59 Å². The van der Waals surface area contributed by atoms with E-state index in [0.717, 1.165) is 30.8 Å². The number of esters is 1. The number of carbonyl (C=O) groups is 3. The Bertz CT molecular complexity index is 1310. The molecule has 0 aliphatic carbocycles. The molecule has 4 rings (SSSR count). The number of fused-ring (bicyclic) bond motifs is 2. The molecule has 1 amide bonds. The van der Waals surface area contributed by atoms with Gasteiger partial charge in [-0.05, 0) is 37.2 Å². The third kappa shape index (κ3) is 5.13. The van der Waals surface area contributed by atoms with Gasteiger partial charge < -0.3 is 15.2 Å². The van der Waals surface area contributed by atoms with E-state index in [2.05, 4.69) is 17.1 Å². The van der Waals surface area contributed by atoms with Crippen molar-refractivity contribution in [3.05, 3.63) is 69.9 Å². The minimum Gasteiger partial charge on any atom is -0.478 e. The van der Waals surface area contributed by atoms with E-state index in [9.17, 15) is 19.5 Å². The number of para-hydroxylation sites is 1. The van der Waals surface area contributed by atoms with Crippen LogP contribution in [0.25, 0.3) is 10.9 Å². The van der Waals surface area contributed by atoms with Gasteiger partial charge in [0.2, 0.25) is 0 Å². The number of pyridine rings is 1. The maximum atomic E-state index is 13.5. The zero-order valence-corrected chi connectivity index (χ0v) is 20.3. The molecule has 35 heavy (non-hydrogen) atoms. The zero-order valence-electron chi connectivity index (χ0n) is 19.5. The summed E-state index contributed by atoms with van der Waals surface area (Å²) < 4.78 is 5.72. The average molecular weight is 496 g/mol. The first-order valence-electron chi connectivity index (χ1n) is 11.5. The molecule has 0 saturated heterocycles. The van der Waals surface area contributed by atoms with E-state index in [1.54, 1.807) is 6.92 Å². The first-order valence-corrected chi connectivity index (χ1v) is 11.9. The molecular weight excluding hydrogens is 470 g/mol. The van der Waals surface area contributed by atoms with Gasteiger partial charge in [0.05, 0.1) is 27.4 Å². The number of hydrogen-bond donors (Lipinski definition) is 2. The van der Waals surface area contributed by atoms with E-state index in [1.807, 2.05) is 24.3 Å². The van der Waals surface area contributed by atoms with Crippen LogP contribution in [0.2, 0.25) is 5.02 Å². The molecule has 9 heteroatoms. The summed E-state index contributed by atoms with van der Waals surface area (Å²) in [5, 5.41) is 12.7. The molecule has 182 valence electrons. The van der Waals surface area contributed by atoms with E-state index in [-0.39, 0.29) is 22.7 Å². The van der Waals surface area contributed by atoms with Crippen molar-refractivity contribution in [3.63, 3.8) is 0 Å². The Morgan fingerprint density at radius 3 is 2.69 bits per heavy atom. The monoisotopic (exact) mass is 495 g/mol. The van der Waals surface area contributed by atoms with Crippen LogP contribution in [-0.2, 0) is 22.5 Å². The Labute approximate surface area is 207 Å². The van der Waals surface area contributed by atoms with Gasteiger partial charge in [0, 0.05) is 36.2 Å². The second kappa shape index (κ2) is 10.4. The van der Waals surface area contributed by atoms with Gasteiger partial charge in [-0.15, -0.1) is 0 Å². The van der Waals surface area contributed by atoms with Crippen LogP contribution in [0.3, 0.4) is 0 Å². The van der Waals surface area contributed by atoms with Gasteiger partial charge in [-0.2, -0.15) is 0 Å². The van der Waals surface area contributed by atoms with Crippen LogP contribution in [0.5, 0.6) is 0 Å². The van der Waals surface area contributed by atoms with Crippen LogP contribution in [0, 0.1) is 0 Å². The first kappa shape index (κ1) is 24.6. The number of ether oxygens (including phenoxy) is 1. The van der Waals surface area contributed by atoms with E-state index >= 15 is 0 Å². The molecule has 8 nitrogen and oxygen atoms in total. The van der Waals surface area contributed by atoms with Gasteiger partial charge >= 0.3 is 11.9 Å². The number of carboxylic acids is 1. The van der Waals surface area contributed by atoms with Gasteiger partial charge in [0.1, 0.15) is 0 Å². The molecule has 2 N–H and O–H groups in total. The SMILES string of the molecule is CCC(OC(=O)c1c2c(nc3ccccc13)CCN(CC)C2)C(=O)Nc1cc(C(=O)O)ccc1Cl. The molecule has 2 heterocycles. The number of benzene rings is 2. The van der Waals surface area contributed by atoms with E-state index in [4.69, 9.17) is 21.3 Å². The Kier molecular flexibility index (Phi) is 7.33. The van der Waals surface area contributed by atoms with Crippen molar-refractivity contribution >= 4 is 46.0 Å². The second-order valence-corrected chi connectivity index (χ2v) is 8.75. The highest BCUT2D eigenvalue weighted by Gasteiger charge is 2.29. The molecule has 2 aromatic carbocycles. The normalized spacial score (nSPS) is 14.3. The molecule has 0 spiro atoms. The fourth-order valence-corrected chi connectivity index (χ4v) is 4.39. The van der Waals surface area contributed by atoms with Crippen molar-refractivity contribution in [3.8, 4) is 0 Å². The van der Waals surface area contributed by atoms with Crippen LogP contribution in [0.1, 0.15) is 52.2 Å². The van der Waals surface area contributed by atoms with Crippen molar-refractivity contribution in [2.24, 2.45) is 0 Å². The number of anilines is 1. The molecule has 1 aliphatic heterocycles. The third-order valence-corrected chi connectivity index (χ3v) is 6.49. The number of hydrogen-bond acceptors (Lipinski definition) is 6. The number of amides is 1. The van der Waals surface area contributed by atoms with Crippen molar-refractivity contribution in [1.29, 1.82) is 0 Å². The Balaban J connectivity index is 1.63. The lowest BCUT2D eigenvalue weighted by atomic mass is 9.95. The van der Waals surface area contributed by atoms with Gasteiger partial charge in [-0.1, -0.05) is 43.6 Å². The highest BCUT2D eigenvalue weighted by atomic mass is 35.5. The van der Waals surface area contributed by atoms with Crippen LogP contribution in [0.15, 0.2) is 42.5 Å². The minimum absolute atomic E-state index is 0.0231. The maximum absolute atomic E-state index is 13.5. The summed E-state index contributed by atoms with van der Waals surface area (Å²) in [5.41, 5.74) is 2.95. The first-order chi connectivity index (χ1) is 16.8. The number of nitrogens with zero attached hydrogens (tertiary/aromatic N) is 2. The zero-order chi connectivity index (χ0) is 25.1.